The zero-order chi connectivity index (χ0) is 17.5. The minimum atomic E-state index is 0.0243. The first-order valence-electron chi connectivity index (χ1n) is 10.3. The van der Waals surface area contributed by atoms with Gasteiger partial charge in [-0.15, -0.1) is 0 Å². The van der Waals surface area contributed by atoms with Crippen molar-refractivity contribution in [3.05, 3.63) is 30.3 Å². The highest BCUT2D eigenvalue weighted by atomic mass is 16.5. The van der Waals surface area contributed by atoms with E-state index in [1.54, 1.807) is 0 Å². The van der Waals surface area contributed by atoms with Gasteiger partial charge >= 0.3 is 0 Å². The molecule has 3 nitrogen and oxygen atoms in total. The highest BCUT2D eigenvalue weighted by molar-refractivity contribution is 5.48. The Hall–Kier alpha value is -1.06. The van der Waals surface area contributed by atoms with Crippen molar-refractivity contribution in [3.8, 4) is 0 Å². The first-order chi connectivity index (χ1) is 12.0. The van der Waals surface area contributed by atoms with Gasteiger partial charge in [0, 0.05) is 24.8 Å². The largest absolute Gasteiger partial charge is 0.366 e. The first-order valence-corrected chi connectivity index (χ1v) is 10.3. The third kappa shape index (κ3) is 3.59. The fourth-order valence-electron chi connectivity index (χ4n) is 5.05. The predicted octanol–water partition coefficient (Wildman–Crippen LogP) is 4.36. The lowest BCUT2D eigenvalue weighted by Gasteiger charge is -2.51. The first kappa shape index (κ1) is 17.4. The normalized spacial score (nSPS) is 37.8. The van der Waals surface area contributed by atoms with E-state index in [9.17, 15) is 0 Å². The number of para-hydroxylation sites is 1. The summed E-state index contributed by atoms with van der Waals surface area (Å²) in [6.45, 7) is 6.75. The smallest absolute Gasteiger partial charge is 0.0897 e. The number of hydrogen-bond donors (Lipinski definition) is 1. The molecule has 0 amide bonds. The molecule has 1 aromatic rings. The molecule has 0 aromatic heterocycles. The van der Waals surface area contributed by atoms with Gasteiger partial charge in [0.05, 0.1) is 11.2 Å². The van der Waals surface area contributed by atoms with Crippen LogP contribution in [0.15, 0.2) is 30.3 Å². The van der Waals surface area contributed by atoms with Crippen molar-refractivity contribution >= 4 is 5.69 Å². The number of ether oxygens (including phenoxy) is 1. The number of anilines is 1. The van der Waals surface area contributed by atoms with Crippen LogP contribution < -0.4 is 10.6 Å². The Kier molecular flexibility index (Phi) is 4.57. The molecule has 1 aromatic carbocycles. The number of benzene rings is 1. The van der Waals surface area contributed by atoms with E-state index in [1.807, 2.05) is 0 Å². The van der Waals surface area contributed by atoms with E-state index in [0.29, 0.717) is 6.04 Å². The fraction of sp³-hybridized carbons (Fsp3) is 0.727. The molecule has 3 aliphatic rings. The van der Waals surface area contributed by atoms with Gasteiger partial charge in [0.25, 0.3) is 0 Å². The van der Waals surface area contributed by atoms with Crippen LogP contribution in [0.2, 0.25) is 0 Å². The van der Waals surface area contributed by atoms with E-state index >= 15 is 0 Å². The Balaban J connectivity index is 1.54. The van der Waals surface area contributed by atoms with E-state index < -0.39 is 0 Å². The van der Waals surface area contributed by atoms with Crippen molar-refractivity contribution in [1.82, 2.24) is 0 Å². The number of morpholine rings is 1. The predicted molar refractivity (Wildman–Crippen MR) is 104 cm³/mol. The lowest BCUT2D eigenvalue weighted by atomic mass is 9.80. The number of rotatable bonds is 4. The molecule has 1 aliphatic heterocycles. The summed E-state index contributed by atoms with van der Waals surface area (Å²) >= 11 is 0. The van der Waals surface area contributed by atoms with E-state index in [1.165, 1.54) is 24.9 Å². The highest BCUT2D eigenvalue weighted by Gasteiger charge is 2.62. The highest BCUT2D eigenvalue weighted by Crippen LogP contribution is 2.56. The Bertz CT molecular complexity index is 579. The van der Waals surface area contributed by atoms with Crippen molar-refractivity contribution in [2.24, 2.45) is 17.6 Å². The Morgan fingerprint density at radius 1 is 1.16 bits per heavy atom. The SMILES string of the molecule is CC(C)CCC1CC12CN(c1ccccc1)CC1(CCC(N)CC1)O2. The zero-order valence-electron chi connectivity index (χ0n) is 15.9. The molecule has 2 saturated carbocycles. The monoisotopic (exact) mass is 342 g/mol. The van der Waals surface area contributed by atoms with Crippen LogP contribution in [0.3, 0.4) is 0 Å². The van der Waals surface area contributed by atoms with Gasteiger partial charge in [-0.05, 0) is 62.5 Å². The third-order valence-corrected chi connectivity index (χ3v) is 6.69. The summed E-state index contributed by atoms with van der Waals surface area (Å²) in [6, 6.07) is 11.3. The maximum absolute atomic E-state index is 6.96. The maximum atomic E-state index is 6.96. The molecule has 3 fully saturated rings. The van der Waals surface area contributed by atoms with Gasteiger partial charge < -0.3 is 15.4 Å². The van der Waals surface area contributed by atoms with Gasteiger partial charge in [-0.2, -0.15) is 0 Å². The summed E-state index contributed by atoms with van der Waals surface area (Å²) in [5.74, 6) is 1.53. The molecule has 0 bridgehead atoms. The van der Waals surface area contributed by atoms with E-state index in [4.69, 9.17) is 10.5 Å². The van der Waals surface area contributed by atoms with Crippen LogP contribution >= 0.6 is 0 Å². The summed E-state index contributed by atoms with van der Waals surface area (Å²) in [4.78, 5) is 2.61. The fourth-order valence-corrected chi connectivity index (χ4v) is 5.05. The average Bonchev–Trinajstić information content (AvgIpc) is 3.27. The molecule has 4 rings (SSSR count). The minimum Gasteiger partial charge on any atom is -0.366 e. The van der Waals surface area contributed by atoms with E-state index in [-0.39, 0.29) is 11.2 Å². The van der Waals surface area contributed by atoms with Crippen LogP contribution in [-0.4, -0.2) is 30.3 Å². The lowest BCUT2D eigenvalue weighted by Crippen LogP contribution is -2.59. The van der Waals surface area contributed by atoms with Crippen LogP contribution in [0.5, 0.6) is 0 Å². The molecular formula is C22H34N2O. The second-order valence-corrected chi connectivity index (χ2v) is 9.25. The Labute approximate surface area is 152 Å². The zero-order valence-corrected chi connectivity index (χ0v) is 15.9. The quantitative estimate of drug-likeness (QED) is 0.883. The average molecular weight is 343 g/mol. The van der Waals surface area contributed by atoms with Crippen molar-refractivity contribution in [1.29, 1.82) is 0 Å². The Morgan fingerprint density at radius 3 is 2.56 bits per heavy atom. The molecule has 0 radical (unpaired) electrons. The van der Waals surface area contributed by atoms with Crippen molar-refractivity contribution in [2.45, 2.75) is 76.0 Å². The molecule has 2 atom stereocenters. The summed E-state index contributed by atoms with van der Waals surface area (Å²) in [5, 5.41) is 0. The molecule has 2 N–H and O–H groups in total. The van der Waals surface area contributed by atoms with Crippen molar-refractivity contribution < 1.29 is 4.74 Å². The molecule has 2 spiro atoms. The van der Waals surface area contributed by atoms with Crippen LogP contribution in [0.25, 0.3) is 0 Å². The maximum Gasteiger partial charge on any atom is 0.0897 e. The van der Waals surface area contributed by atoms with E-state index in [0.717, 1.165) is 50.6 Å². The molecule has 138 valence electrons. The number of nitrogens with zero attached hydrogens (tertiary/aromatic N) is 1. The van der Waals surface area contributed by atoms with Gasteiger partial charge in [-0.1, -0.05) is 38.5 Å². The van der Waals surface area contributed by atoms with Gasteiger partial charge in [0.15, 0.2) is 0 Å². The Morgan fingerprint density at radius 2 is 1.88 bits per heavy atom. The molecule has 1 saturated heterocycles. The summed E-state index contributed by atoms with van der Waals surface area (Å²) < 4.78 is 6.96. The van der Waals surface area contributed by atoms with Gasteiger partial charge in [-0.25, -0.2) is 0 Å². The molecule has 2 aliphatic carbocycles. The van der Waals surface area contributed by atoms with Gasteiger partial charge in [-0.3, -0.25) is 0 Å². The summed E-state index contributed by atoms with van der Waals surface area (Å²) in [5.41, 5.74) is 7.67. The molecule has 2 unspecified atom stereocenters. The van der Waals surface area contributed by atoms with Crippen molar-refractivity contribution in [3.63, 3.8) is 0 Å². The standard InChI is InChI=1S/C22H34N2O/c1-17(2)8-9-18-14-22(18)16-24(20-6-4-3-5-7-20)15-21(25-22)12-10-19(23)11-13-21/h3-7,17-19H,8-16,23H2,1-2H3. The van der Waals surface area contributed by atoms with Crippen LogP contribution in [0.4, 0.5) is 5.69 Å². The second kappa shape index (κ2) is 6.59. The molecular weight excluding hydrogens is 308 g/mol. The number of nitrogens with two attached hydrogens (primary N) is 1. The van der Waals surface area contributed by atoms with Gasteiger partial charge in [0.1, 0.15) is 0 Å². The summed E-state index contributed by atoms with van der Waals surface area (Å²) in [6.07, 6.45) is 8.34. The van der Waals surface area contributed by atoms with Crippen LogP contribution in [0.1, 0.15) is 58.8 Å². The van der Waals surface area contributed by atoms with E-state index in [2.05, 4.69) is 49.1 Å². The van der Waals surface area contributed by atoms with Crippen LogP contribution in [0, 0.1) is 11.8 Å². The summed E-state index contributed by atoms with van der Waals surface area (Å²) in [7, 11) is 0. The topological polar surface area (TPSA) is 38.5 Å². The second-order valence-electron chi connectivity index (χ2n) is 9.25. The minimum absolute atomic E-state index is 0.0243. The third-order valence-electron chi connectivity index (χ3n) is 6.69. The molecule has 3 heteroatoms. The van der Waals surface area contributed by atoms with Gasteiger partial charge in [0.2, 0.25) is 0 Å². The van der Waals surface area contributed by atoms with Crippen LogP contribution in [-0.2, 0) is 4.74 Å². The molecule has 1 heterocycles. The lowest BCUT2D eigenvalue weighted by molar-refractivity contribution is -0.146. The molecule has 25 heavy (non-hydrogen) atoms. The van der Waals surface area contributed by atoms with Crippen molar-refractivity contribution in [2.75, 3.05) is 18.0 Å². The number of hydrogen-bond acceptors (Lipinski definition) is 3.